The highest BCUT2D eigenvalue weighted by Gasteiger charge is 2.15. The van der Waals surface area contributed by atoms with Crippen LogP contribution in [0.4, 0.5) is 4.39 Å². The molecule has 0 spiro atoms. The summed E-state index contributed by atoms with van der Waals surface area (Å²) < 4.78 is 13.2. The molecule has 3 aromatic rings. The van der Waals surface area contributed by atoms with E-state index in [1.165, 1.54) is 18.2 Å². The van der Waals surface area contributed by atoms with E-state index in [2.05, 4.69) is 4.98 Å². The van der Waals surface area contributed by atoms with Gasteiger partial charge in [-0.25, -0.2) is 4.39 Å². The molecule has 0 saturated heterocycles. The second-order valence-electron chi connectivity index (χ2n) is 4.52. The van der Waals surface area contributed by atoms with Crippen molar-refractivity contribution in [3.8, 4) is 0 Å². The zero-order valence-corrected chi connectivity index (χ0v) is 11.2. The van der Waals surface area contributed by atoms with Crippen molar-refractivity contribution in [1.82, 2.24) is 4.98 Å². The van der Waals surface area contributed by atoms with Crippen LogP contribution < -0.4 is 0 Å². The first-order valence-corrected chi connectivity index (χ1v) is 6.50. The van der Waals surface area contributed by atoms with E-state index < -0.39 is 11.9 Å². The maximum atomic E-state index is 13.2. The molecule has 2 aromatic carbocycles. The summed E-state index contributed by atoms with van der Waals surface area (Å²) >= 11 is 5.77. The summed E-state index contributed by atoms with van der Waals surface area (Å²) in [4.78, 5) is 4.08. The first-order chi connectivity index (χ1) is 9.66. The molecule has 1 atom stereocenters. The van der Waals surface area contributed by atoms with Gasteiger partial charge in [0.25, 0.3) is 0 Å². The van der Waals surface area contributed by atoms with Gasteiger partial charge < -0.3 is 5.11 Å². The van der Waals surface area contributed by atoms with Gasteiger partial charge in [-0.05, 0) is 34.7 Å². The fraction of sp³-hybridized carbons (Fsp3) is 0.0625. The van der Waals surface area contributed by atoms with Gasteiger partial charge in [-0.1, -0.05) is 35.9 Å². The standard InChI is InChI=1S/C16H11ClFNO/c17-14-8-11(4-5-15(14)18)16(20)12-3-1-2-10-6-7-19-9-13(10)12/h1-9,16,20H. The lowest BCUT2D eigenvalue weighted by Gasteiger charge is -2.14. The van der Waals surface area contributed by atoms with Crippen LogP contribution in [0.5, 0.6) is 0 Å². The summed E-state index contributed by atoms with van der Waals surface area (Å²) in [5, 5.41) is 12.4. The third-order valence-corrected chi connectivity index (χ3v) is 3.56. The Bertz CT molecular complexity index is 770. The van der Waals surface area contributed by atoms with Crippen molar-refractivity contribution in [2.75, 3.05) is 0 Å². The van der Waals surface area contributed by atoms with Gasteiger partial charge in [-0.2, -0.15) is 0 Å². The Labute approximate surface area is 120 Å². The molecule has 3 rings (SSSR count). The maximum Gasteiger partial charge on any atom is 0.141 e. The van der Waals surface area contributed by atoms with E-state index in [1.54, 1.807) is 12.4 Å². The first kappa shape index (κ1) is 13.0. The molecule has 0 aliphatic carbocycles. The van der Waals surface area contributed by atoms with Crippen LogP contribution in [0.1, 0.15) is 17.2 Å². The van der Waals surface area contributed by atoms with Crippen LogP contribution in [0.2, 0.25) is 5.02 Å². The average Bonchev–Trinajstić information content (AvgIpc) is 2.49. The van der Waals surface area contributed by atoms with E-state index in [0.717, 1.165) is 16.3 Å². The third-order valence-electron chi connectivity index (χ3n) is 3.27. The second-order valence-corrected chi connectivity index (χ2v) is 4.93. The van der Waals surface area contributed by atoms with Crippen molar-refractivity contribution in [2.45, 2.75) is 6.10 Å². The van der Waals surface area contributed by atoms with E-state index in [9.17, 15) is 9.50 Å². The predicted molar refractivity (Wildman–Crippen MR) is 77.2 cm³/mol. The van der Waals surface area contributed by atoms with Crippen molar-refractivity contribution in [1.29, 1.82) is 0 Å². The summed E-state index contributed by atoms with van der Waals surface area (Å²) in [6.07, 6.45) is 2.53. The van der Waals surface area contributed by atoms with Gasteiger partial charge in [0.05, 0.1) is 5.02 Å². The van der Waals surface area contributed by atoms with E-state index in [-0.39, 0.29) is 5.02 Å². The van der Waals surface area contributed by atoms with Crippen LogP contribution >= 0.6 is 11.6 Å². The van der Waals surface area contributed by atoms with Crippen molar-refractivity contribution in [2.24, 2.45) is 0 Å². The quantitative estimate of drug-likeness (QED) is 0.769. The van der Waals surface area contributed by atoms with Gasteiger partial charge in [0.2, 0.25) is 0 Å². The van der Waals surface area contributed by atoms with Crippen LogP contribution in [-0.2, 0) is 0 Å². The number of aliphatic hydroxyl groups excluding tert-OH is 1. The molecule has 1 aromatic heterocycles. The van der Waals surface area contributed by atoms with E-state index in [0.29, 0.717) is 5.56 Å². The summed E-state index contributed by atoms with van der Waals surface area (Å²) in [5.74, 6) is -0.498. The number of hydrogen-bond donors (Lipinski definition) is 1. The van der Waals surface area contributed by atoms with Gasteiger partial charge in [-0.15, -0.1) is 0 Å². The van der Waals surface area contributed by atoms with E-state index in [4.69, 9.17) is 11.6 Å². The molecule has 4 heteroatoms. The smallest absolute Gasteiger partial charge is 0.141 e. The zero-order valence-electron chi connectivity index (χ0n) is 10.4. The van der Waals surface area contributed by atoms with Crippen LogP contribution in [-0.4, -0.2) is 10.1 Å². The lowest BCUT2D eigenvalue weighted by Crippen LogP contribution is -2.01. The molecule has 100 valence electrons. The minimum absolute atomic E-state index is 0.0000818. The van der Waals surface area contributed by atoms with Gasteiger partial charge in [-0.3, -0.25) is 4.98 Å². The largest absolute Gasteiger partial charge is 0.384 e. The molecule has 0 aliphatic heterocycles. The first-order valence-electron chi connectivity index (χ1n) is 6.12. The molecule has 0 amide bonds. The van der Waals surface area contributed by atoms with Crippen LogP contribution in [0.25, 0.3) is 10.8 Å². The lowest BCUT2D eigenvalue weighted by molar-refractivity contribution is 0.222. The Morgan fingerprint density at radius 1 is 1.15 bits per heavy atom. The normalized spacial score (nSPS) is 12.6. The molecule has 2 nitrogen and oxygen atoms in total. The van der Waals surface area contributed by atoms with Crippen molar-refractivity contribution < 1.29 is 9.50 Å². The van der Waals surface area contributed by atoms with E-state index in [1.807, 2.05) is 24.3 Å². The molecule has 0 radical (unpaired) electrons. The molecular formula is C16H11ClFNO. The van der Waals surface area contributed by atoms with Gasteiger partial charge >= 0.3 is 0 Å². The van der Waals surface area contributed by atoms with Gasteiger partial charge in [0, 0.05) is 17.8 Å². The lowest BCUT2D eigenvalue weighted by atomic mass is 9.97. The van der Waals surface area contributed by atoms with Crippen molar-refractivity contribution >= 4 is 22.4 Å². The Balaban J connectivity index is 2.12. The molecule has 0 saturated carbocycles. The highest BCUT2D eigenvalue weighted by molar-refractivity contribution is 6.30. The number of nitrogens with zero attached hydrogens (tertiary/aromatic N) is 1. The predicted octanol–water partition coefficient (Wildman–Crippen LogP) is 4.11. The Morgan fingerprint density at radius 3 is 2.80 bits per heavy atom. The summed E-state index contributed by atoms with van der Waals surface area (Å²) in [7, 11) is 0. The van der Waals surface area contributed by atoms with Gasteiger partial charge in [0.15, 0.2) is 0 Å². The van der Waals surface area contributed by atoms with E-state index >= 15 is 0 Å². The fourth-order valence-corrected chi connectivity index (χ4v) is 2.43. The SMILES string of the molecule is OC(c1ccc(F)c(Cl)c1)c1cccc2ccncc12. The van der Waals surface area contributed by atoms with Crippen LogP contribution in [0.15, 0.2) is 54.9 Å². The monoisotopic (exact) mass is 287 g/mol. The number of rotatable bonds is 2. The molecule has 1 heterocycles. The summed E-state index contributed by atoms with van der Waals surface area (Å²) in [6, 6.07) is 11.7. The number of fused-ring (bicyclic) bond motifs is 1. The topological polar surface area (TPSA) is 33.1 Å². The highest BCUT2D eigenvalue weighted by atomic mass is 35.5. The van der Waals surface area contributed by atoms with Gasteiger partial charge in [0.1, 0.15) is 11.9 Å². The minimum atomic E-state index is -0.874. The molecule has 1 unspecified atom stereocenters. The van der Waals surface area contributed by atoms with Crippen LogP contribution in [0.3, 0.4) is 0 Å². The molecule has 0 aliphatic rings. The minimum Gasteiger partial charge on any atom is -0.384 e. The number of halogens is 2. The third kappa shape index (κ3) is 2.26. The Hall–Kier alpha value is -1.97. The summed E-state index contributed by atoms with van der Waals surface area (Å²) in [5.41, 5.74) is 1.27. The molecule has 0 fully saturated rings. The molecule has 20 heavy (non-hydrogen) atoms. The number of aliphatic hydroxyl groups is 1. The average molecular weight is 288 g/mol. The maximum absolute atomic E-state index is 13.2. The highest BCUT2D eigenvalue weighted by Crippen LogP contribution is 2.30. The number of benzene rings is 2. The molecule has 1 N–H and O–H groups in total. The Kier molecular flexibility index (Phi) is 3.38. The fourth-order valence-electron chi connectivity index (χ4n) is 2.24. The summed E-state index contributed by atoms with van der Waals surface area (Å²) in [6.45, 7) is 0. The number of aromatic nitrogens is 1. The van der Waals surface area contributed by atoms with Crippen molar-refractivity contribution in [3.05, 3.63) is 76.8 Å². The second kappa shape index (κ2) is 5.19. The number of pyridine rings is 1. The molecule has 0 bridgehead atoms. The number of hydrogen-bond acceptors (Lipinski definition) is 2. The van der Waals surface area contributed by atoms with Crippen LogP contribution in [0, 0.1) is 5.82 Å². The molecular weight excluding hydrogens is 277 g/mol. The van der Waals surface area contributed by atoms with Crippen molar-refractivity contribution in [3.63, 3.8) is 0 Å². The Morgan fingerprint density at radius 2 is 2.00 bits per heavy atom. The zero-order chi connectivity index (χ0) is 14.1.